The van der Waals surface area contributed by atoms with E-state index in [4.69, 9.17) is 9.47 Å². The quantitative estimate of drug-likeness (QED) is 0.653. The zero-order valence-electron chi connectivity index (χ0n) is 12.3. The lowest BCUT2D eigenvalue weighted by atomic mass is 10.1. The highest BCUT2D eigenvalue weighted by atomic mass is 16.5. The first-order chi connectivity index (χ1) is 10.2. The van der Waals surface area contributed by atoms with E-state index in [2.05, 4.69) is 5.32 Å². The molecule has 0 aromatic heterocycles. The largest absolute Gasteiger partial charge is 0.492 e. The minimum Gasteiger partial charge on any atom is -0.492 e. The molecule has 0 unspecified atom stereocenters. The van der Waals surface area contributed by atoms with E-state index in [1.165, 1.54) is 7.11 Å². The van der Waals surface area contributed by atoms with Crippen LogP contribution in [0.1, 0.15) is 15.9 Å². The van der Waals surface area contributed by atoms with Gasteiger partial charge in [-0.1, -0.05) is 30.3 Å². The summed E-state index contributed by atoms with van der Waals surface area (Å²) in [6.07, 6.45) is 0. The summed E-state index contributed by atoms with van der Waals surface area (Å²) in [5.74, 6) is 0.488. The second-order valence-electron chi connectivity index (χ2n) is 4.58. The fraction of sp³-hybridized carbons (Fsp3) is 0.235. The average Bonchev–Trinajstić information content (AvgIpc) is 2.53. The molecule has 0 aliphatic heterocycles. The highest BCUT2D eigenvalue weighted by Gasteiger charge is 2.12. The van der Waals surface area contributed by atoms with Crippen molar-refractivity contribution in [3.63, 3.8) is 0 Å². The van der Waals surface area contributed by atoms with Gasteiger partial charge < -0.3 is 14.8 Å². The molecular weight excluding hydrogens is 266 g/mol. The van der Waals surface area contributed by atoms with Gasteiger partial charge in [-0.15, -0.1) is 0 Å². The molecule has 0 atom stereocenters. The van der Waals surface area contributed by atoms with E-state index in [0.29, 0.717) is 18.7 Å². The number of nitrogens with one attached hydrogen (secondary N) is 1. The third-order valence-electron chi connectivity index (χ3n) is 3.09. The van der Waals surface area contributed by atoms with E-state index < -0.39 is 0 Å². The minimum atomic E-state index is -0.342. The van der Waals surface area contributed by atoms with Crippen molar-refractivity contribution >= 4 is 11.7 Å². The molecule has 0 heterocycles. The lowest BCUT2D eigenvalue weighted by Crippen LogP contribution is -2.15. The first-order valence-corrected chi connectivity index (χ1v) is 6.82. The van der Waals surface area contributed by atoms with E-state index in [9.17, 15) is 4.79 Å². The highest BCUT2D eigenvalue weighted by Crippen LogP contribution is 2.21. The lowest BCUT2D eigenvalue weighted by Gasteiger charge is -2.14. The van der Waals surface area contributed by atoms with Crippen molar-refractivity contribution in [2.75, 3.05) is 25.6 Å². The molecule has 0 fully saturated rings. The number of carbonyl (C=O) groups is 1. The number of para-hydroxylation sites is 2. The van der Waals surface area contributed by atoms with Crippen molar-refractivity contribution in [2.24, 2.45) is 0 Å². The number of esters is 1. The van der Waals surface area contributed by atoms with Crippen LogP contribution in [0.3, 0.4) is 0 Å². The molecule has 4 heteroatoms. The summed E-state index contributed by atoms with van der Waals surface area (Å²) in [5, 5.41) is 3.24. The monoisotopic (exact) mass is 285 g/mol. The number of hydrogen-bond donors (Lipinski definition) is 1. The fourth-order valence-corrected chi connectivity index (χ4v) is 2.04. The number of ether oxygens (including phenoxy) is 2. The van der Waals surface area contributed by atoms with Crippen LogP contribution in [0.5, 0.6) is 5.75 Å². The number of methoxy groups -OCH3 is 1. The van der Waals surface area contributed by atoms with Gasteiger partial charge in [0.15, 0.2) is 0 Å². The Bertz CT molecular complexity index is 596. The van der Waals surface area contributed by atoms with Gasteiger partial charge in [0, 0.05) is 6.54 Å². The fourth-order valence-electron chi connectivity index (χ4n) is 2.04. The van der Waals surface area contributed by atoms with Crippen LogP contribution in [0, 0.1) is 6.92 Å². The van der Waals surface area contributed by atoms with Crippen LogP contribution in [0.2, 0.25) is 0 Å². The van der Waals surface area contributed by atoms with Gasteiger partial charge in [-0.2, -0.15) is 0 Å². The molecular formula is C17H19NO3. The van der Waals surface area contributed by atoms with Crippen molar-refractivity contribution < 1.29 is 14.3 Å². The molecule has 2 aromatic rings. The summed E-state index contributed by atoms with van der Waals surface area (Å²) in [4.78, 5) is 11.7. The number of anilines is 1. The second kappa shape index (κ2) is 7.33. The first-order valence-electron chi connectivity index (χ1n) is 6.82. The maximum Gasteiger partial charge on any atom is 0.339 e. The summed E-state index contributed by atoms with van der Waals surface area (Å²) in [6, 6.07) is 15.2. The van der Waals surface area contributed by atoms with Gasteiger partial charge >= 0.3 is 5.97 Å². The zero-order valence-corrected chi connectivity index (χ0v) is 12.3. The smallest absolute Gasteiger partial charge is 0.339 e. The maximum atomic E-state index is 11.7. The average molecular weight is 285 g/mol. The van der Waals surface area contributed by atoms with Crippen LogP contribution in [-0.4, -0.2) is 26.2 Å². The minimum absolute atomic E-state index is 0.342. The molecule has 0 radical (unpaired) electrons. The van der Waals surface area contributed by atoms with Gasteiger partial charge in [0.05, 0.1) is 18.4 Å². The molecule has 0 saturated heterocycles. The van der Waals surface area contributed by atoms with Gasteiger partial charge in [-0.05, 0) is 30.7 Å². The Morgan fingerprint density at radius 1 is 1.10 bits per heavy atom. The zero-order chi connectivity index (χ0) is 15.1. The van der Waals surface area contributed by atoms with E-state index in [-0.39, 0.29) is 5.97 Å². The van der Waals surface area contributed by atoms with E-state index in [1.54, 1.807) is 6.07 Å². The Kier molecular flexibility index (Phi) is 5.21. The summed E-state index contributed by atoms with van der Waals surface area (Å²) >= 11 is 0. The summed E-state index contributed by atoms with van der Waals surface area (Å²) < 4.78 is 10.4. The molecule has 2 aromatic carbocycles. The predicted molar refractivity (Wildman–Crippen MR) is 82.9 cm³/mol. The highest BCUT2D eigenvalue weighted by molar-refractivity contribution is 5.96. The summed E-state index contributed by atoms with van der Waals surface area (Å²) in [5.41, 5.74) is 2.33. The number of aryl methyl sites for hydroxylation is 1. The Morgan fingerprint density at radius 3 is 2.57 bits per heavy atom. The SMILES string of the molecule is COC(=O)c1cccc(C)c1NCCOc1ccccc1. The van der Waals surface area contributed by atoms with Crippen LogP contribution in [0.15, 0.2) is 48.5 Å². The number of hydrogen-bond acceptors (Lipinski definition) is 4. The van der Waals surface area contributed by atoms with Crippen LogP contribution >= 0.6 is 0 Å². The molecule has 0 spiro atoms. The van der Waals surface area contributed by atoms with Crippen LogP contribution in [-0.2, 0) is 4.74 Å². The van der Waals surface area contributed by atoms with E-state index in [1.807, 2.05) is 49.4 Å². The van der Waals surface area contributed by atoms with Gasteiger partial charge in [-0.3, -0.25) is 0 Å². The summed E-state index contributed by atoms with van der Waals surface area (Å²) in [7, 11) is 1.38. The lowest BCUT2D eigenvalue weighted by molar-refractivity contribution is 0.0601. The Labute approximate surface area is 124 Å². The molecule has 2 rings (SSSR count). The van der Waals surface area contributed by atoms with Crippen molar-refractivity contribution in [2.45, 2.75) is 6.92 Å². The van der Waals surface area contributed by atoms with Gasteiger partial charge in [0.25, 0.3) is 0 Å². The van der Waals surface area contributed by atoms with Crippen LogP contribution in [0.25, 0.3) is 0 Å². The van der Waals surface area contributed by atoms with Gasteiger partial charge in [-0.25, -0.2) is 4.79 Å². The molecule has 0 saturated carbocycles. The Morgan fingerprint density at radius 2 is 1.86 bits per heavy atom. The van der Waals surface area contributed by atoms with E-state index >= 15 is 0 Å². The second-order valence-corrected chi connectivity index (χ2v) is 4.58. The predicted octanol–water partition coefficient (Wildman–Crippen LogP) is 3.27. The molecule has 110 valence electrons. The number of benzene rings is 2. The molecule has 0 amide bonds. The molecule has 4 nitrogen and oxygen atoms in total. The van der Waals surface area contributed by atoms with Crippen molar-refractivity contribution in [3.05, 3.63) is 59.7 Å². The topological polar surface area (TPSA) is 47.6 Å². The molecule has 0 aliphatic carbocycles. The van der Waals surface area contributed by atoms with Gasteiger partial charge in [0.2, 0.25) is 0 Å². The Balaban J connectivity index is 1.95. The van der Waals surface area contributed by atoms with Gasteiger partial charge in [0.1, 0.15) is 12.4 Å². The molecule has 0 aliphatic rings. The molecule has 21 heavy (non-hydrogen) atoms. The van der Waals surface area contributed by atoms with Crippen molar-refractivity contribution in [3.8, 4) is 5.75 Å². The van der Waals surface area contributed by atoms with Crippen LogP contribution in [0.4, 0.5) is 5.69 Å². The maximum absolute atomic E-state index is 11.7. The third-order valence-corrected chi connectivity index (χ3v) is 3.09. The van der Waals surface area contributed by atoms with E-state index in [0.717, 1.165) is 17.0 Å². The van der Waals surface area contributed by atoms with Crippen molar-refractivity contribution in [1.82, 2.24) is 0 Å². The molecule has 0 bridgehead atoms. The molecule has 1 N–H and O–H groups in total. The Hall–Kier alpha value is -2.49. The summed E-state index contributed by atoms with van der Waals surface area (Å²) in [6.45, 7) is 3.07. The number of rotatable bonds is 6. The normalized spacial score (nSPS) is 10.0. The standard InChI is InChI=1S/C17H19NO3/c1-13-7-6-10-15(17(19)20-2)16(13)18-11-12-21-14-8-4-3-5-9-14/h3-10,18H,11-12H2,1-2H3. The third kappa shape index (κ3) is 3.99. The first kappa shape index (κ1) is 14.9. The van der Waals surface area contributed by atoms with Crippen molar-refractivity contribution in [1.29, 1.82) is 0 Å². The van der Waals surface area contributed by atoms with Crippen LogP contribution < -0.4 is 10.1 Å². The number of carbonyl (C=O) groups excluding carboxylic acids is 1.